The van der Waals surface area contributed by atoms with Gasteiger partial charge in [-0.15, -0.1) is 11.3 Å². The van der Waals surface area contributed by atoms with Gasteiger partial charge in [-0.25, -0.2) is 0 Å². The fraction of sp³-hybridized carbons (Fsp3) is 0.684. The fourth-order valence-corrected chi connectivity index (χ4v) is 5.34. The first-order valence-corrected chi connectivity index (χ1v) is 10.3. The maximum atomic E-state index is 12.7. The number of nitrogens with one attached hydrogen (secondary N) is 1. The van der Waals surface area contributed by atoms with Gasteiger partial charge in [0.05, 0.1) is 18.1 Å². The lowest BCUT2D eigenvalue weighted by molar-refractivity contribution is -0.126. The Hall–Kier alpha value is -1.40. The summed E-state index contributed by atoms with van der Waals surface area (Å²) in [6.07, 6.45) is 7.31. The summed E-state index contributed by atoms with van der Waals surface area (Å²) in [5, 5.41) is 3.24. The van der Waals surface area contributed by atoms with Crippen LogP contribution in [0.25, 0.3) is 0 Å². The van der Waals surface area contributed by atoms with E-state index in [1.807, 2.05) is 11.0 Å². The molecule has 0 bridgehead atoms. The summed E-state index contributed by atoms with van der Waals surface area (Å²) >= 11 is 1.62. The smallest absolute Gasteiger partial charge is 0.264 e. The summed E-state index contributed by atoms with van der Waals surface area (Å²) in [7, 11) is 0. The Labute approximate surface area is 152 Å². The van der Waals surface area contributed by atoms with E-state index in [4.69, 9.17) is 4.74 Å². The van der Waals surface area contributed by atoms with Gasteiger partial charge < -0.3 is 15.0 Å². The highest BCUT2D eigenvalue weighted by Gasteiger charge is 2.30. The Morgan fingerprint density at radius 2 is 1.92 bits per heavy atom. The van der Waals surface area contributed by atoms with Crippen molar-refractivity contribution in [3.05, 3.63) is 21.4 Å². The van der Waals surface area contributed by atoms with Crippen molar-refractivity contribution in [3.8, 4) is 0 Å². The van der Waals surface area contributed by atoms with Gasteiger partial charge in [-0.3, -0.25) is 9.59 Å². The Morgan fingerprint density at radius 1 is 1.16 bits per heavy atom. The molecule has 1 aliphatic heterocycles. The molecule has 1 saturated heterocycles. The van der Waals surface area contributed by atoms with Gasteiger partial charge in [-0.05, 0) is 43.7 Å². The van der Waals surface area contributed by atoms with Crippen molar-refractivity contribution in [2.75, 3.05) is 26.3 Å². The van der Waals surface area contributed by atoms with E-state index in [0.29, 0.717) is 32.3 Å². The maximum absolute atomic E-state index is 12.7. The zero-order chi connectivity index (χ0) is 17.2. The number of carbonyl (C=O) groups is 2. The SMILES string of the molecule is O=C(NC1CCCC1)[C@@H]1CCc2sc(C(=O)N3CCOCC3)cc2C1. The molecule has 1 aromatic heterocycles. The Kier molecular flexibility index (Phi) is 5.08. The average Bonchev–Trinajstić information content (AvgIpc) is 3.30. The van der Waals surface area contributed by atoms with Crippen molar-refractivity contribution in [2.45, 2.75) is 51.0 Å². The number of thiophene rings is 1. The number of ether oxygens (including phenoxy) is 1. The van der Waals surface area contributed by atoms with E-state index < -0.39 is 0 Å². The van der Waals surface area contributed by atoms with Crippen LogP contribution in [0.15, 0.2) is 6.07 Å². The lowest BCUT2D eigenvalue weighted by atomic mass is 9.87. The molecule has 6 heteroatoms. The van der Waals surface area contributed by atoms with Crippen molar-refractivity contribution in [2.24, 2.45) is 5.92 Å². The molecule has 0 unspecified atom stereocenters. The lowest BCUT2D eigenvalue weighted by Gasteiger charge is -2.26. The number of fused-ring (bicyclic) bond motifs is 1. The third-order valence-corrected chi connectivity index (χ3v) is 6.89. The van der Waals surface area contributed by atoms with Gasteiger partial charge in [0.1, 0.15) is 0 Å². The van der Waals surface area contributed by atoms with Crippen molar-refractivity contribution in [3.63, 3.8) is 0 Å². The quantitative estimate of drug-likeness (QED) is 0.898. The second-order valence-electron chi connectivity index (χ2n) is 7.39. The van der Waals surface area contributed by atoms with Gasteiger partial charge >= 0.3 is 0 Å². The molecule has 1 saturated carbocycles. The number of hydrogen-bond donors (Lipinski definition) is 1. The molecule has 25 heavy (non-hydrogen) atoms. The van der Waals surface area contributed by atoms with E-state index in [1.54, 1.807) is 11.3 Å². The van der Waals surface area contributed by atoms with Crippen LogP contribution >= 0.6 is 11.3 Å². The molecular weight excluding hydrogens is 336 g/mol. The Balaban J connectivity index is 1.40. The first-order chi connectivity index (χ1) is 12.2. The van der Waals surface area contributed by atoms with Gasteiger partial charge in [0, 0.05) is 29.9 Å². The molecular formula is C19H26N2O3S. The zero-order valence-corrected chi connectivity index (χ0v) is 15.4. The van der Waals surface area contributed by atoms with Gasteiger partial charge in [-0.1, -0.05) is 12.8 Å². The van der Waals surface area contributed by atoms with E-state index in [-0.39, 0.29) is 17.7 Å². The van der Waals surface area contributed by atoms with Crippen molar-refractivity contribution < 1.29 is 14.3 Å². The lowest BCUT2D eigenvalue weighted by Crippen LogP contribution is -2.40. The van der Waals surface area contributed by atoms with Crippen LogP contribution in [0.5, 0.6) is 0 Å². The molecule has 2 fully saturated rings. The topological polar surface area (TPSA) is 58.6 Å². The normalized spacial score (nSPS) is 24.2. The standard InChI is InChI=1S/C19H26N2O3S/c22-18(20-15-3-1-2-4-15)13-5-6-16-14(11-13)12-17(25-16)19(23)21-7-9-24-10-8-21/h12-13,15H,1-11H2,(H,20,22)/t13-/m1/s1. The summed E-state index contributed by atoms with van der Waals surface area (Å²) in [5.41, 5.74) is 1.21. The highest BCUT2D eigenvalue weighted by Crippen LogP contribution is 2.33. The van der Waals surface area contributed by atoms with Crippen molar-refractivity contribution in [1.82, 2.24) is 10.2 Å². The van der Waals surface area contributed by atoms with Crippen LogP contribution in [-0.4, -0.2) is 49.1 Å². The van der Waals surface area contributed by atoms with E-state index in [1.165, 1.54) is 23.3 Å². The molecule has 5 nitrogen and oxygen atoms in total. The molecule has 0 aromatic carbocycles. The van der Waals surface area contributed by atoms with E-state index in [2.05, 4.69) is 5.32 Å². The second kappa shape index (κ2) is 7.46. The third-order valence-electron chi connectivity index (χ3n) is 5.66. The number of morpholine rings is 1. The predicted molar refractivity (Wildman–Crippen MR) is 97.0 cm³/mol. The molecule has 2 aliphatic carbocycles. The molecule has 0 spiro atoms. The predicted octanol–water partition coefficient (Wildman–Crippen LogP) is 2.38. The third kappa shape index (κ3) is 3.75. The molecule has 2 heterocycles. The van der Waals surface area contributed by atoms with Crippen LogP contribution in [0, 0.1) is 5.92 Å². The minimum absolute atomic E-state index is 0.0639. The van der Waals surface area contributed by atoms with E-state index >= 15 is 0 Å². The van der Waals surface area contributed by atoms with Gasteiger partial charge in [0.15, 0.2) is 0 Å². The minimum atomic E-state index is 0.0639. The molecule has 1 atom stereocenters. The number of nitrogens with zero attached hydrogens (tertiary/aromatic N) is 1. The fourth-order valence-electron chi connectivity index (χ4n) is 4.16. The highest BCUT2D eigenvalue weighted by atomic mass is 32.1. The Bertz CT molecular complexity index is 645. The molecule has 4 rings (SSSR count). The molecule has 136 valence electrons. The minimum Gasteiger partial charge on any atom is -0.378 e. The van der Waals surface area contributed by atoms with Crippen molar-refractivity contribution >= 4 is 23.2 Å². The summed E-state index contributed by atoms with van der Waals surface area (Å²) in [6.45, 7) is 2.60. The number of carbonyl (C=O) groups excluding carboxylic acids is 2. The second-order valence-corrected chi connectivity index (χ2v) is 8.53. The van der Waals surface area contributed by atoms with Crippen LogP contribution in [0.2, 0.25) is 0 Å². The molecule has 0 radical (unpaired) electrons. The first-order valence-electron chi connectivity index (χ1n) is 9.49. The highest BCUT2D eigenvalue weighted by molar-refractivity contribution is 7.14. The zero-order valence-electron chi connectivity index (χ0n) is 14.6. The van der Waals surface area contributed by atoms with Crippen LogP contribution < -0.4 is 5.32 Å². The van der Waals surface area contributed by atoms with E-state index in [9.17, 15) is 9.59 Å². The van der Waals surface area contributed by atoms with Gasteiger partial charge in [-0.2, -0.15) is 0 Å². The van der Waals surface area contributed by atoms with Gasteiger partial charge in [0.2, 0.25) is 5.91 Å². The average molecular weight is 362 g/mol. The Morgan fingerprint density at radius 3 is 2.68 bits per heavy atom. The van der Waals surface area contributed by atoms with Crippen LogP contribution in [0.4, 0.5) is 0 Å². The largest absolute Gasteiger partial charge is 0.378 e. The number of aryl methyl sites for hydroxylation is 1. The first kappa shape index (κ1) is 17.0. The summed E-state index contributed by atoms with van der Waals surface area (Å²) < 4.78 is 5.33. The summed E-state index contributed by atoms with van der Waals surface area (Å²) in [6, 6.07) is 2.42. The van der Waals surface area contributed by atoms with Gasteiger partial charge in [0.25, 0.3) is 5.91 Å². The van der Waals surface area contributed by atoms with Crippen molar-refractivity contribution in [1.29, 1.82) is 0 Å². The van der Waals surface area contributed by atoms with Crippen LogP contribution in [0.1, 0.15) is 52.2 Å². The number of rotatable bonds is 3. The molecule has 1 N–H and O–H groups in total. The number of hydrogen-bond acceptors (Lipinski definition) is 4. The summed E-state index contributed by atoms with van der Waals surface area (Å²) in [5.74, 6) is 0.397. The summed E-state index contributed by atoms with van der Waals surface area (Å²) in [4.78, 5) is 29.2. The molecule has 2 amide bonds. The number of amides is 2. The van der Waals surface area contributed by atoms with E-state index in [0.717, 1.165) is 37.0 Å². The maximum Gasteiger partial charge on any atom is 0.264 e. The monoisotopic (exact) mass is 362 g/mol. The molecule has 3 aliphatic rings. The molecule has 1 aromatic rings. The van der Waals surface area contributed by atoms with Crippen LogP contribution in [0.3, 0.4) is 0 Å². The van der Waals surface area contributed by atoms with Crippen LogP contribution in [-0.2, 0) is 22.4 Å².